The number of nitrogens with zero attached hydrogens (tertiary/aromatic N) is 1. The summed E-state index contributed by atoms with van der Waals surface area (Å²) in [6.07, 6.45) is 1.01. The second-order valence-corrected chi connectivity index (χ2v) is 9.16. The number of halogens is 1. The second kappa shape index (κ2) is 8.52. The first-order chi connectivity index (χ1) is 13.7. The zero-order valence-electron chi connectivity index (χ0n) is 15.7. The van der Waals surface area contributed by atoms with Crippen LogP contribution in [0.2, 0.25) is 5.02 Å². The maximum atomic E-state index is 13.0. The minimum atomic E-state index is -4.16. The van der Waals surface area contributed by atoms with Gasteiger partial charge in [0.15, 0.2) is 4.90 Å². The maximum absolute atomic E-state index is 13.0. The van der Waals surface area contributed by atoms with Crippen molar-refractivity contribution in [3.63, 3.8) is 0 Å². The summed E-state index contributed by atoms with van der Waals surface area (Å²) < 4.78 is 27.1. The Kier molecular flexibility index (Phi) is 6.25. The molecule has 1 aliphatic heterocycles. The number of rotatable bonds is 5. The highest BCUT2D eigenvalue weighted by atomic mass is 35.5. The van der Waals surface area contributed by atoms with Gasteiger partial charge in [0.1, 0.15) is 0 Å². The standard InChI is InChI=1S/C18H21ClN4O5S/c1-11-15(17(25)22-18(26)21-11)29(27,28)23-8-4-6-13(10-23)16(24)20-9-12-5-2-3-7-14(12)19/h2-3,5,7,13H,4,6,8-10H2,1H3,(H,20,24)(H2,21,22,25,26)/t13-/m1/s1. The van der Waals surface area contributed by atoms with Crippen LogP contribution in [0.3, 0.4) is 0 Å². The monoisotopic (exact) mass is 440 g/mol. The van der Waals surface area contributed by atoms with Gasteiger partial charge in [-0.2, -0.15) is 4.31 Å². The molecule has 0 saturated carbocycles. The molecule has 11 heteroatoms. The summed E-state index contributed by atoms with van der Waals surface area (Å²) in [5.41, 5.74) is -1.03. The molecule has 0 aliphatic carbocycles. The van der Waals surface area contributed by atoms with E-state index in [4.69, 9.17) is 11.6 Å². The zero-order chi connectivity index (χ0) is 21.2. The number of piperidine rings is 1. The predicted octanol–water partition coefficient (Wildman–Crippen LogP) is 0.742. The Hall–Kier alpha value is -2.43. The summed E-state index contributed by atoms with van der Waals surface area (Å²) >= 11 is 6.09. The normalized spacial score (nSPS) is 17.8. The second-order valence-electron chi connectivity index (χ2n) is 6.87. The van der Waals surface area contributed by atoms with E-state index in [0.29, 0.717) is 17.9 Å². The van der Waals surface area contributed by atoms with E-state index in [1.165, 1.54) is 6.92 Å². The van der Waals surface area contributed by atoms with E-state index in [-0.39, 0.29) is 31.2 Å². The fourth-order valence-corrected chi connectivity index (χ4v) is 5.30. The number of hydrogen-bond acceptors (Lipinski definition) is 5. The molecule has 2 heterocycles. The molecule has 9 nitrogen and oxygen atoms in total. The summed E-state index contributed by atoms with van der Waals surface area (Å²) in [4.78, 5) is 39.7. The highest BCUT2D eigenvalue weighted by molar-refractivity contribution is 7.89. The number of H-pyrrole nitrogens is 2. The lowest BCUT2D eigenvalue weighted by atomic mass is 9.99. The van der Waals surface area contributed by atoms with E-state index >= 15 is 0 Å². The van der Waals surface area contributed by atoms with Gasteiger partial charge in [0.25, 0.3) is 5.56 Å². The lowest BCUT2D eigenvalue weighted by Gasteiger charge is -2.31. The van der Waals surface area contributed by atoms with Gasteiger partial charge in [0.05, 0.1) is 5.92 Å². The number of carbonyl (C=O) groups is 1. The Morgan fingerprint density at radius 1 is 1.28 bits per heavy atom. The van der Waals surface area contributed by atoms with Crippen LogP contribution in [0.4, 0.5) is 0 Å². The van der Waals surface area contributed by atoms with Crippen molar-refractivity contribution >= 4 is 27.5 Å². The topological polar surface area (TPSA) is 132 Å². The van der Waals surface area contributed by atoms with Crippen LogP contribution >= 0.6 is 11.6 Å². The Labute approximate surface area is 172 Å². The number of aryl methyl sites for hydroxylation is 1. The quantitative estimate of drug-likeness (QED) is 0.630. The van der Waals surface area contributed by atoms with Gasteiger partial charge < -0.3 is 10.3 Å². The van der Waals surface area contributed by atoms with Crippen LogP contribution in [0.25, 0.3) is 0 Å². The Morgan fingerprint density at radius 2 is 2.00 bits per heavy atom. The van der Waals surface area contributed by atoms with E-state index in [0.717, 1.165) is 9.87 Å². The molecule has 1 aromatic heterocycles. The molecule has 0 radical (unpaired) electrons. The average molecular weight is 441 g/mol. The van der Waals surface area contributed by atoms with Gasteiger partial charge in [-0.05, 0) is 31.4 Å². The number of aromatic nitrogens is 2. The number of aromatic amines is 2. The SMILES string of the molecule is Cc1[nH]c(=O)[nH]c(=O)c1S(=O)(=O)N1CCC[C@@H](C(=O)NCc2ccccc2Cl)C1. The van der Waals surface area contributed by atoms with Crippen molar-refractivity contribution in [3.8, 4) is 0 Å². The molecule has 0 spiro atoms. The minimum Gasteiger partial charge on any atom is -0.352 e. The number of hydrogen-bond donors (Lipinski definition) is 3. The molecule has 29 heavy (non-hydrogen) atoms. The lowest BCUT2D eigenvalue weighted by molar-refractivity contribution is -0.126. The molecular formula is C18H21ClN4O5S. The highest BCUT2D eigenvalue weighted by Crippen LogP contribution is 2.23. The fraction of sp³-hybridized carbons (Fsp3) is 0.389. The van der Waals surface area contributed by atoms with Crippen LogP contribution in [0.1, 0.15) is 24.1 Å². The summed E-state index contributed by atoms with van der Waals surface area (Å²) in [6.45, 7) is 1.73. The lowest BCUT2D eigenvalue weighted by Crippen LogP contribution is -2.47. The molecule has 1 fully saturated rings. The summed E-state index contributed by atoms with van der Waals surface area (Å²) in [5, 5.41) is 3.33. The van der Waals surface area contributed by atoms with Crippen LogP contribution in [-0.4, -0.2) is 41.7 Å². The van der Waals surface area contributed by atoms with Crippen molar-refractivity contribution < 1.29 is 13.2 Å². The molecule has 3 N–H and O–H groups in total. The molecule has 1 amide bonds. The van der Waals surface area contributed by atoms with Crippen molar-refractivity contribution in [2.75, 3.05) is 13.1 Å². The van der Waals surface area contributed by atoms with Gasteiger partial charge in [0.2, 0.25) is 15.9 Å². The van der Waals surface area contributed by atoms with Gasteiger partial charge >= 0.3 is 5.69 Å². The third-order valence-electron chi connectivity index (χ3n) is 4.84. The first kappa shape index (κ1) is 21.3. The van der Waals surface area contributed by atoms with Crippen molar-refractivity contribution in [1.82, 2.24) is 19.6 Å². The molecule has 1 aliphatic rings. The Bertz CT molecular complexity index is 1140. The van der Waals surface area contributed by atoms with E-state index in [1.807, 2.05) is 11.1 Å². The maximum Gasteiger partial charge on any atom is 0.325 e. The van der Waals surface area contributed by atoms with E-state index in [2.05, 4.69) is 10.3 Å². The number of benzene rings is 1. The van der Waals surface area contributed by atoms with Gasteiger partial charge in [-0.1, -0.05) is 29.8 Å². The molecular weight excluding hydrogens is 420 g/mol. The smallest absolute Gasteiger partial charge is 0.325 e. The largest absolute Gasteiger partial charge is 0.352 e. The molecule has 0 bridgehead atoms. The summed E-state index contributed by atoms with van der Waals surface area (Å²) in [7, 11) is -4.16. The molecule has 3 rings (SSSR count). The Morgan fingerprint density at radius 3 is 2.69 bits per heavy atom. The minimum absolute atomic E-state index is 0.0379. The van der Waals surface area contributed by atoms with Crippen LogP contribution in [0.5, 0.6) is 0 Å². The van der Waals surface area contributed by atoms with Crippen LogP contribution < -0.4 is 16.6 Å². The number of amides is 1. The molecule has 1 atom stereocenters. The Balaban J connectivity index is 1.75. The highest BCUT2D eigenvalue weighted by Gasteiger charge is 2.35. The third-order valence-corrected chi connectivity index (χ3v) is 7.23. The van der Waals surface area contributed by atoms with Crippen molar-refractivity contribution in [2.24, 2.45) is 5.92 Å². The van der Waals surface area contributed by atoms with Crippen LogP contribution in [0.15, 0.2) is 38.8 Å². The first-order valence-electron chi connectivity index (χ1n) is 9.04. The third kappa shape index (κ3) is 4.60. The fourth-order valence-electron chi connectivity index (χ4n) is 3.37. The van der Waals surface area contributed by atoms with E-state index in [9.17, 15) is 22.8 Å². The molecule has 1 saturated heterocycles. The van der Waals surface area contributed by atoms with Crippen molar-refractivity contribution in [2.45, 2.75) is 31.2 Å². The summed E-state index contributed by atoms with van der Waals surface area (Å²) in [6, 6.07) is 7.12. The van der Waals surface area contributed by atoms with Gasteiger partial charge in [-0.15, -0.1) is 0 Å². The summed E-state index contributed by atoms with van der Waals surface area (Å²) in [5.74, 6) is -0.833. The number of carbonyl (C=O) groups excluding carboxylic acids is 1. The van der Waals surface area contributed by atoms with Crippen LogP contribution in [-0.2, 0) is 21.4 Å². The van der Waals surface area contributed by atoms with E-state index < -0.39 is 32.1 Å². The average Bonchev–Trinajstić information content (AvgIpc) is 2.66. The van der Waals surface area contributed by atoms with E-state index in [1.54, 1.807) is 18.2 Å². The molecule has 0 unspecified atom stereocenters. The van der Waals surface area contributed by atoms with Crippen LogP contribution in [0, 0.1) is 12.8 Å². The molecule has 156 valence electrons. The molecule has 2 aromatic rings. The first-order valence-corrected chi connectivity index (χ1v) is 10.9. The zero-order valence-corrected chi connectivity index (χ0v) is 17.3. The number of nitrogens with one attached hydrogen (secondary N) is 3. The predicted molar refractivity (Wildman–Crippen MR) is 107 cm³/mol. The van der Waals surface area contributed by atoms with Crippen molar-refractivity contribution in [1.29, 1.82) is 0 Å². The van der Waals surface area contributed by atoms with Gasteiger partial charge in [-0.25, -0.2) is 13.2 Å². The molecule has 1 aromatic carbocycles. The number of sulfonamides is 1. The van der Waals surface area contributed by atoms with Gasteiger partial charge in [0, 0.05) is 30.4 Å². The van der Waals surface area contributed by atoms with Gasteiger partial charge in [-0.3, -0.25) is 14.6 Å². The van der Waals surface area contributed by atoms with Crippen molar-refractivity contribution in [3.05, 3.63) is 61.4 Å².